The van der Waals surface area contributed by atoms with Crippen LogP contribution in [-0.4, -0.2) is 65.9 Å². The van der Waals surface area contributed by atoms with Crippen LogP contribution < -0.4 is 5.32 Å². The van der Waals surface area contributed by atoms with Gasteiger partial charge in [0.2, 0.25) is 0 Å². The van der Waals surface area contributed by atoms with E-state index in [-0.39, 0.29) is 29.6 Å². The first-order valence-corrected chi connectivity index (χ1v) is 11.6. The third kappa shape index (κ3) is 5.72. The minimum absolute atomic E-state index is 0.106. The maximum Gasteiger partial charge on any atom is 0.252 e. The molecule has 36 heavy (non-hydrogen) atoms. The van der Waals surface area contributed by atoms with Gasteiger partial charge in [-0.25, -0.2) is 8.78 Å². The number of aromatic nitrogens is 1. The highest BCUT2D eigenvalue weighted by atomic mass is 19.1. The number of aliphatic hydroxyl groups excluding tert-OH is 1. The highest BCUT2D eigenvalue weighted by Gasteiger charge is 2.28. The van der Waals surface area contributed by atoms with Crippen molar-refractivity contribution in [3.05, 3.63) is 107 Å². The summed E-state index contributed by atoms with van der Waals surface area (Å²) in [5.74, 6) is -1.38. The molecule has 0 radical (unpaired) electrons. The van der Waals surface area contributed by atoms with Gasteiger partial charge in [-0.15, -0.1) is 0 Å². The Hall–Kier alpha value is -3.75. The number of rotatable bonds is 9. The fourth-order valence-electron chi connectivity index (χ4n) is 4.31. The summed E-state index contributed by atoms with van der Waals surface area (Å²) in [4.78, 5) is 24.1. The molecule has 186 valence electrons. The van der Waals surface area contributed by atoms with Crippen LogP contribution in [0.2, 0.25) is 0 Å². The van der Waals surface area contributed by atoms with E-state index >= 15 is 4.39 Å². The summed E-state index contributed by atoms with van der Waals surface area (Å²) < 4.78 is 28.4. The lowest BCUT2D eigenvalue weighted by Crippen LogP contribution is -2.52. The number of aliphatic hydroxyl groups is 1. The van der Waals surface area contributed by atoms with Gasteiger partial charge in [-0.2, -0.15) is 0 Å². The van der Waals surface area contributed by atoms with Crippen molar-refractivity contribution in [3.63, 3.8) is 0 Å². The zero-order valence-electron chi connectivity index (χ0n) is 20.2. The fraction of sp³-hybridized carbons (Fsp3) is 0.250. The van der Waals surface area contributed by atoms with Crippen molar-refractivity contribution >= 4 is 17.2 Å². The van der Waals surface area contributed by atoms with E-state index < -0.39 is 17.8 Å². The number of likely N-dealkylation sites (N-methyl/N-ethyl adjacent to an activating group) is 1. The number of allylic oxidation sites excluding steroid dienone is 1. The fourth-order valence-corrected chi connectivity index (χ4v) is 4.31. The maximum absolute atomic E-state index is 15.1. The highest BCUT2D eigenvalue weighted by Crippen LogP contribution is 2.25. The number of hydrogen-bond donors (Lipinski definition) is 2. The molecule has 4 rings (SSSR count). The molecule has 2 atom stereocenters. The maximum atomic E-state index is 15.1. The van der Waals surface area contributed by atoms with Gasteiger partial charge in [0.25, 0.3) is 5.91 Å². The Morgan fingerprint density at radius 1 is 1.08 bits per heavy atom. The Balaban J connectivity index is 1.63. The number of nitrogens with zero attached hydrogens (tertiary/aromatic N) is 3. The molecule has 8 heteroatoms. The van der Waals surface area contributed by atoms with Crippen molar-refractivity contribution in [1.82, 2.24) is 15.2 Å². The largest absolute Gasteiger partial charge is 0.395 e. The minimum Gasteiger partial charge on any atom is -0.395 e. The van der Waals surface area contributed by atoms with Crippen LogP contribution in [0.1, 0.15) is 27.2 Å². The summed E-state index contributed by atoms with van der Waals surface area (Å²) in [7, 11) is 3.64. The molecule has 1 aliphatic heterocycles. The van der Waals surface area contributed by atoms with Crippen molar-refractivity contribution in [1.29, 1.82) is 0 Å². The van der Waals surface area contributed by atoms with Crippen LogP contribution in [0.3, 0.4) is 0 Å². The molecule has 0 aliphatic carbocycles. The van der Waals surface area contributed by atoms with E-state index in [1.807, 2.05) is 37.2 Å². The van der Waals surface area contributed by atoms with Crippen molar-refractivity contribution < 1.29 is 18.7 Å². The summed E-state index contributed by atoms with van der Waals surface area (Å²) in [6.45, 7) is 0.114. The van der Waals surface area contributed by atoms with Gasteiger partial charge >= 0.3 is 0 Å². The van der Waals surface area contributed by atoms with Gasteiger partial charge in [-0.3, -0.25) is 14.8 Å². The Bertz CT molecular complexity index is 1270. The number of carbonyl (C=O) groups is 1. The Morgan fingerprint density at radius 2 is 1.86 bits per heavy atom. The molecular weight excluding hydrogens is 462 g/mol. The quantitative estimate of drug-likeness (QED) is 0.481. The summed E-state index contributed by atoms with van der Waals surface area (Å²) in [5.41, 5.74) is 2.95. The average Bonchev–Trinajstić information content (AvgIpc) is 3.35. The molecule has 6 nitrogen and oxygen atoms in total. The number of benzene rings is 2. The number of halogens is 2. The average molecular weight is 491 g/mol. The molecule has 3 aromatic rings. The van der Waals surface area contributed by atoms with Gasteiger partial charge in [0.15, 0.2) is 0 Å². The third-order valence-electron chi connectivity index (χ3n) is 6.25. The van der Waals surface area contributed by atoms with E-state index in [1.165, 1.54) is 24.3 Å². The van der Waals surface area contributed by atoms with E-state index in [9.17, 15) is 14.3 Å². The molecule has 0 bridgehead atoms. The first-order valence-electron chi connectivity index (χ1n) is 11.6. The topological polar surface area (TPSA) is 77.8 Å². The van der Waals surface area contributed by atoms with E-state index in [0.717, 1.165) is 16.8 Å². The summed E-state index contributed by atoms with van der Waals surface area (Å²) in [6.07, 6.45) is 3.78. The van der Waals surface area contributed by atoms with Gasteiger partial charge < -0.3 is 15.3 Å². The number of aliphatic imine (C=N–C) groups is 1. The van der Waals surface area contributed by atoms with Crippen molar-refractivity contribution in [2.45, 2.75) is 18.5 Å². The Kier molecular flexibility index (Phi) is 7.97. The van der Waals surface area contributed by atoms with Crippen molar-refractivity contribution in [2.24, 2.45) is 4.99 Å². The summed E-state index contributed by atoms with van der Waals surface area (Å²) in [5, 5.41) is 13.0. The van der Waals surface area contributed by atoms with Crippen LogP contribution in [0, 0.1) is 11.6 Å². The minimum atomic E-state index is -0.564. The highest BCUT2D eigenvalue weighted by molar-refractivity contribution is 6.19. The zero-order chi connectivity index (χ0) is 25.7. The van der Waals surface area contributed by atoms with E-state index in [4.69, 9.17) is 0 Å². The predicted octanol–water partition coefficient (Wildman–Crippen LogP) is 3.51. The number of hydrogen-bond acceptors (Lipinski definition) is 5. The monoisotopic (exact) mass is 490 g/mol. The Morgan fingerprint density at radius 3 is 2.53 bits per heavy atom. The molecule has 0 unspecified atom stereocenters. The molecule has 0 saturated carbocycles. The molecule has 0 saturated heterocycles. The zero-order valence-corrected chi connectivity index (χ0v) is 20.2. The lowest BCUT2D eigenvalue weighted by Gasteiger charge is -2.31. The van der Waals surface area contributed by atoms with Crippen LogP contribution >= 0.6 is 0 Å². The lowest BCUT2D eigenvalue weighted by atomic mass is 9.97. The van der Waals surface area contributed by atoms with Gasteiger partial charge in [-0.05, 0) is 67.7 Å². The molecule has 0 spiro atoms. The first-order chi connectivity index (χ1) is 17.4. The number of nitrogens with one attached hydrogen (secondary N) is 1. The van der Waals surface area contributed by atoms with Gasteiger partial charge in [0.1, 0.15) is 11.6 Å². The van der Waals surface area contributed by atoms with E-state index in [0.29, 0.717) is 18.7 Å². The molecule has 2 aromatic carbocycles. The van der Waals surface area contributed by atoms with E-state index in [2.05, 4.69) is 15.3 Å². The molecule has 1 aromatic heterocycles. The second-order valence-electron chi connectivity index (χ2n) is 8.86. The van der Waals surface area contributed by atoms with Gasteiger partial charge in [0, 0.05) is 23.9 Å². The third-order valence-corrected chi connectivity index (χ3v) is 6.25. The summed E-state index contributed by atoms with van der Waals surface area (Å²) in [6, 6.07) is 15.0. The van der Waals surface area contributed by atoms with Crippen LogP contribution in [0.15, 0.2) is 77.9 Å². The number of pyridine rings is 1. The van der Waals surface area contributed by atoms with Crippen LogP contribution in [0.25, 0.3) is 5.57 Å². The van der Waals surface area contributed by atoms with Crippen LogP contribution in [0.5, 0.6) is 0 Å². The number of amides is 1. The van der Waals surface area contributed by atoms with Crippen molar-refractivity contribution in [2.75, 3.05) is 27.2 Å². The Labute approximate surface area is 209 Å². The lowest BCUT2D eigenvalue weighted by molar-refractivity contribution is 0.0866. The second-order valence-corrected chi connectivity index (χ2v) is 8.86. The predicted molar refractivity (Wildman–Crippen MR) is 136 cm³/mol. The molecule has 2 heterocycles. The molecule has 2 N–H and O–H groups in total. The van der Waals surface area contributed by atoms with E-state index in [1.54, 1.807) is 30.5 Å². The molecule has 0 fully saturated rings. The van der Waals surface area contributed by atoms with Crippen LogP contribution in [0.4, 0.5) is 8.78 Å². The standard InChI is InChI=1S/C28H28F2N4O2/c1-34(2)26(17-35)24(15-21-6-3-4-13-31-21)33-28(36)22-7-5-8-23(30)27(22)25-14-19(16-32-25)18-9-11-20(29)12-10-18/h3-14,24,26,35H,15-17H2,1-2H3,(H,33,36)/t24-,26-/m1/s1. The molecular formula is C28H28F2N4O2. The first kappa shape index (κ1) is 25.3. The SMILES string of the molecule is CN(C)[C@H](CO)[C@@H](Cc1ccccn1)NC(=O)c1cccc(F)c1C1=NCC(c2ccc(F)cc2)=C1. The smallest absolute Gasteiger partial charge is 0.252 e. The van der Waals surface area contributed by atoms with Crippen molar-refractivity contribution in [3.8, 4) is 0 Å². The molecule has 1 aliphatic rings. The second kappa shape index (κ2) is 11.3. The van der Waals surface area contributed by atoms with Crippen LogP contribution in [-0.2, 0) is 6.42 Å². The van der Waals surface area contributed by atoms with Gasteiger partial charge in [-0.1, -0.05) is 24.3 Å². The van der Waals surface area contributed by atoms with Gasteiger partial charge in [0.05, 0.1) is 36.5 Å². The summed E-state index contributed by atoms with van der Waals surface area (Å²) >= 11 is 0. The molecule has 1 amide bonds. The normalized spacial score (nSPS) is 14.8. The number of carbonyl (C=O) groups excluding carboxylic acids is 1.